The molecule has 1 aromatic carbocycles. The van der Waals surface area contributed by atoms with Crippen LogP contribution in [-0.2, 0) is 20.6 Å². The molecule has 0 bridgehead atoms. The molecule has 1 heterocycles. The van der Waals surface area contributed by atoms with E-state index in [2.05, 4.69) is 11.5 Å². The first-order valence-corrected chi connectivity index (χ1v) is 8.73. The molecule has 126 valence electrons. The van der Waals surface area contributed by atoms with Gasteiger partial charge in [0.15, 0.2) is 0 Å². The summed E-state index contributed by atoms with van der Waals surface area (Å²) in [6.07, 6.45) is 0.0649. The van der Waals surface area contributed by atoms with E-state index in [1.54, 1.807) is 20.8 Å². The van der Waals surface area contributed by atoms with E-state index in [-0.39, 0.29) is 0 Å². The van der Waals surface area contributed by atoms with Crippen molar-refractivity contribution in [3.63, 3.8) is 0 Å². The van der Waals surface area contributed by atoms with Crippen LogP contribution in [0.4, 0.5) is 0 Å². The molecule has 6 heteroatoms. The summed E-state index contributed by atoms with van der Waals surface area (Å²) in [5.74, 6) is -0.289. The maximum atomic E-state index is 12.3. The van der Waals surface area contributed by atoms with Gasteiger partial charge in [0, 0.05) is 5.56 Å². The van der Waals surface area contributed by atoms with E-state index in [0.29, 0.717) is 6.42 Å². The summed E-state index contributed by atoms with van der Waals surface area (Å²) in [6, 6.07) is 7.55. The minimum Gasteiger partial charge on any atom is -0.484 e. The standard InChI is InChI=1S/C17H23NO4S/c1-6-12(16(19)22-18-23(20)17(3,4)5)15-11(2)13-9-7-8-10-14(13)21-15/h7-10,12,15,18H,2,6H2,1,3-5H3/t12-,15-,23+/m0/s1. The number of para-hydroxylation sites is 1. The van der Waals surface area contributed by atoms with Gasteiger partial charge >= 0.3 is 5.97 Å². The van der Waals surface area contributed by atoms with E-state index in [4.69, 9.17) is 9.57 Å². The molecule has 1 aromatic rings. The summed E-state index contributed by atoms with van der Waals surface area (Å²) in [4.78, 5) is 19.7. The summed E-state index contributed by atoms with van der Waals surface area (Å²) in [5.41, 5.74) is 1.68. The molecule has 0 fully saturated rings. The molecule has 0 unspecified atom stereocenters. The van der Waals surface area contributed by atoms with Crippen LogP contribution in [0.1, 0.15) is 39.7 Å². The number of hydrogen-bond acceptors (Lipinski definition) is 4. The van der Waals surface area contributed by atoms with E-state index in [9.17, 15) is 9.00 Å². The summed E-state index contributed by atoms with van der Waals surface area (Å²) in [7, 11) is -1.48. The lowest BCUT2D eigenvalue weighted by Crippen LogP contribution is -2.39. The molecule has 0 radical (unpaired) electrons. The average molecular weight is 337 g/mol. The lowest BCUT2D eigenvalue weighted by molar-refractivity contribution is -0.154. The lowest BCUT2D eigenvalue weighted by Gasteiger charge is -2.22. The molecule has 1 N–H and O–H groups in total. The maximum Gasteiger partial charge on any atom is 0.333 e. The first-order valence-electron chi connectivity index (χ1n) is 7.58. The van der Waals surface area contributed by atoms with E-state index in [1.807, 2.05) is 31.2 Å². The van der Waals surface area contributed by atoms with Gasteiger partial charge in [0.1, 0.15) is 22.8 Å². The van der Waals surface area contributed by atoms with Crippen molar-refractivity contribution in [1.82, 2.24) is 4.89 Å². The quantitative estimate of drug-likeness (QED) is 0.839. The monoisotopic (exact) mass is 337 g/mol. The molecule has 0 aromatic heterocycles. The Hall–Kier alpha value is -1.66. The molecule has 0 spiro atoms. The highest BCUT2D eigenvalue weighted by molar-refractivity contribution is 7.84. The number of benzene rings is 1. The van der Waals surface area contributed by atoms with Gasteiger partial charge in [-0.1, -0.05) is 36.6 Å². The molecule has 3 atom stereocenters. The molecule has 2 rings (SSSR count). The first-order chi connectivity index (χ1) is 10.8. The van der Waals surface area contributed by atoms with Crippen LogP contribution in [-0.4, -0.2) is 21.0 Å². The van der Waals surface area contributed by atoms with Crippen LogP contribution in [0.25, 0.3) is 5.57 Å². The molecule has 5 nitrogen and oxygen atoms in total. The van der Waals surface area contributed by atoms with Crippen LogP contribution in [0, 0.1) is 5.92 Å². The van der Waals surface area contributed by atoms with Crippen molar-refractivity contribution in [1.29, 1.82) is 0 Å². The van der Waals surface area contributed by atoms with Gasteiger partial charge in [0.25, 0.3) is 0 Å². The average Bonchev–Trinajstić information content (AvgIpc) is 2.82. The van der Waals surface area contributed by atoms with Crippen molar-refractivity contribution >= 4 is 22.5 Å². The highest BCUT2D eigenvalue weighted by Crippen LogP contribution is 2.40. The van der Waals surface area contributed by atoms with E-state index in [1.165, 1.54) is 0 Å². The van der Waals surface area contributed by atoms with Crippen molar-refractivity contribution < 1.29 is 18.6 Å². The van der Waals surface area contributed by atoms with E-state index >= 15 is 0 Å². The third-order valence-electron chi connectivity index (χ3n) is 3.71. The van der Waals surface area contributed by atoms with E-state index < -0.39 is 33.7 Å². The van der Waals surface area contributed by atoms with Gasteiger partial charge in [0.05, 0.1) is 10.7 Å². The van der Waals surface area contributed by atoms with Crippen LogP contribution < -0.4 is 9.62 Å². The zero-order valence-corrected chi connectivity index (χ0v) is 14.7. The van der Waals surface area contributed by atoms with Crippen LogP contribution in [0.15, 0.2) is 30.8 Å². The van der Waals surface area contributed by atoms with Crippen molar-refractivity contribution in [2.75, 3.05) is 0 Å². The van der Waals surface area contributed by atoms with Gasteiger partial charge in [0.2, 0.25) is 0 Å². The number of nitrogens with one attached hydrogen (secondary N) is 1. The highest BCUT2D eigenvalue weighted by Gasteiger charge is 2.38. The number of fused-ring (bicyclic) bond motifs is 1. The minimum absolute atomic E-state index is 0.463. The van der Waals surface area contributed by atoms with Crippen LogP contribution in [0.3, 0.4) is 0 Å². The van der Waals surface area contributed by atoms with E-state index in [0.717, 1.165) is 16.9 Å². The Morgan fingerprint density at radius 2 is 2.09 bits per heavy atom. The zero-order chi connectivity index (χ0) is 17.2. The number of rotatable bonds is 5. The third-order valence-corrected chi connectivity index (χ3v) is 5.06. The summed E-state index contributed by atoms with van der Waals surface area (Å²) in [6.45, 7) is 11.3. The normalized spacial score (nSPS) is 19.7. The fourth-order valence-electron chi connectivity index (χ4n) is 2.30. The number of carbonyl (C=O) groups is 1. The molecule has 0 saturated heterocycles. The number of hydrogen-bond donors (Lipinski definition) is 1. The molecule has 1 aliphatic heterocycles. The van der Waals surface area contributed by atoms with Gasteiger partial charge in [-0.15, -0.1) is 0 Å². The number of ether oxygens (including phenoxy) is 1. The fourth-order valence-corrected chi connectivity index (χ4v) is 2.71. The molecule has 0 amide bonds. The van der Waals surface area contributed by atoms with Gasteiger partial charge in [-0.2, -0.15) is 0 Å². The molecule has 23 heavy (non-hydrogen) atoms. The van der Waals surface area contributed by atoms with Crippen LogP contribution >= 0.6 is 0 Å². The molecule has 0 saturated carbocycles. The Morgan fingerprint density at radius 1 is 1.43 bits per heavy atom. The maximum absolute atomic E-state index is 12.3. The fraction of sp³-hybridized carbons (Fsp3) is 0.471. The van der Waals surface area contributed by atoms with Gasteiger partial charge < -0.3 is 9.57 Å². The van der Waals surface area contributed by atoms with Gasteiger partial charge in [-0.05, 0) is 38.8 Å². The van der Waals surface area contributed by atoms with Crippen molar-refractivity contribution in [3.05, 3.63) is 36.4 Å². The first kappa shape index (κ1) is 17.7. The SMILES string of the molecule is C=C1c2ccccc2O[C@@H]1[C@H](CC)C(=O)ON[S@](=O)C(C)(C)C. The Balaban J connectivity index is 2.05. The predicted octanol–water partition coefficient (Wildman–Crippen LogP) is 3.00. The van der Waals surface area contributed by atoms with Crippen LogP contribution in [0.5, 0.6) is 5.75 Å². The summed E-state index contributed by atoms with van der Waals surface area (Å²) >= 11 is 0. The van der Waals surface area contributed by atoms with Crippen molar-refractivity contribution in [2.45, 2.75) is 45.0 Å². The third kappa shape index (κ3) is 3.82. The van der Waals surface area contributed by atoms with Crippen molar-refractivity contribution in [3.8, 4) is 5.75 Å². The molecular weight excluding hydrogens is 314 g/mol. The molecular formula is C17H23NO4S. The highest BCUT2D eigenvalue weighted by atomic mass is 32.2. The summed E-state index contributed by atoms with van der Waals surface area (Å²) in [5, 5.41) is 0. The topological polar surface area (TPSA) is 64.6 Å². The lowest BCUT2D eigenvalue weighted by atomic mass is 9.92. The second-order valence-corrected chi connectivity index (χ2v) is 8.39. The summed E-state index contributed by atoms with van der Waals surface area (Å²) < 4.78 is 17.3. The largest absolute Gasteiger partial charge is 0.484 e. The van der Waals surface area contributed by atoms with Gasteiger partial charge in [-0.25, -0.2) is 9.00 Å². The Bertz CT molecular complexity index is 636. The van der Waals surface area contributed by atoms with Crippen LogP contribution in [0.2, 0.25) is 0 Å². The zero-order valence-electron chi connectivity index (χ0n) is 13.9. The second kappa shape index (κ2) is 6.84. The predicted molar refractivity (Wildman–Crippen MR) is 90.8 cm³/mol. The Labute approximate surface area is 139 Å². The Morgan fingerprint density at radius 3 is 2.65 bits per heavy atom. The van der Waals surface area contributed by atoms with Crippen molar-refractivity contribution in [2.24, 2.45) is 5.92 Å². The van der Waals surface area contributed by atoms with Gasteiger partial charge in [-0.3, -0.25) is 0 Å². The number of carbonyl (C=O) groups excluding carboxylic acids is 1. The Kier molecular flexibility index (Phi) is 5.26. The molecule has 1 aliphatic rings. The second-order valence-electron chi connectivity index (χ2n) is 6.46. The molecule has 0 aliphatic carbocycles. The minimum atomic E-state index is -1.48. The smallest absolute Gasteiger partial charge is 0.333 e.